The molecule has 1 atom stereocenters. The Balaban J connectivity index is 1.81. The largest absolute Gasteiger partial charge is 0.316 e. The molecule has 1 unspecified atom stereocenters. The third-order valence-electron chi connectivity index (χ3n) is 3.65. The van der Waals surface area contributed by atoms with Gasteiger partial charge in [0.1, 0.15) is 16.9 Å². The van der Waals surface area contributed by atoms with Gasteiger partial charge >= 0.3 is 0 Å². The number of aromatic nitrogens is 4. The molecule has 0 saturated carbocycles. The maximum absolute atomic E-state index is 8.99. The van der Waals surface area contributed by atoms with Crippen molar-refractivity contribution in [3.8, 4) is 6.07 Å². The lowest BCUT2D eigenvalue weighted by Gasteiger charge is -2.21. The summed E-state index contributed by atoms with van der Waals surface area (Å²) >= 11 is 7.29. The molecule has 2 aromatic rings. The Hall–Kier alpha value is -1.62. The normalized spacial score (nSPS) is 18.1. The molecule has 0 radical (unpaired) electrons. The van der Waals surface area contributed by atoms with E-state index in [0.29, 0.717) is 16.0 Å². The lowest BCUT2D eigenvalue weighted by atomic mass is 9.99. The van der Waals surface area contributed by atoms with Crippen molar-refractivity contribution < 1.29 is 0 Å². The van der Waals surface area contributed by atoms with Gasteiger partial charge < -0.3 is 9.88 Å². The van der Waals surface area contributed by atoms with E-state index in [2.05, 4.69) is 20.5 Å². The predicted octanol–water partition coefficient (Wildman–Crippen LogP) is 2.35. The Labute approximate surface area is 137 Å². The van der Waals surface area contributed by atoms with Crippen molar-refractivity contribution in [3.05, 3.63) is 28.7 Å². The van der Waals surface area contributed by atoms with Crippen LogP contribution in [0.2, 0.25) is 5.02 Å². The zero-order valence-corrected chi connectivity index (χ0v) is 13.7. The van der Waals surface area contributed by atoms with Crippen molar-refractivity contribution in [3.63, 3.8) is 0 Å². The number of nitriles is 1. The van der Waals surface area contributed by atoms with E-state index in [0.717, 1.165) is 36.9 Å². The monoisotopic (exact) mass is 334 g/mol. The SMILES string of the molecule is Cn1c(Sc2ccc(Cl)c(C#N)n2)nnc1C1CCCNC1. The van der Waals surface area contributed by atoms with Crippen molar-refractivity contribution in [2.45, 2.75) is 28.9 Å². The second-order valence-electron chi connectivity index (χ2n) is 5.14. The Bertz CT molecular complexity index is 717. The van der Waals surface area contributed by atoms with Gasteiger partial charge in [0.15, 0.2) is 10.9 Å². The molecule has 3 rings (SSSR count). The molecule has 1 N–H and O–H groups in total. The second kappa shape index (κ2) is 6.65. The van der Waals surface area contributed by atoms with Gasteiger partial charge in [-0.05, 0) is 43.3 Å². The van der Waals surface area contributed by atoms with E-state index in [1.165, 1.54) is 11.8 Å². The van der Waals surface area contributed by atoms with Crippen molar-refractivity contribution >= 4 is 23.4 Å². The van der Waals surface area contributed by atoms with Gasteiger partial charge in [-0.2, -0.15) is 5.26 Å². The zero-order valence-electron chi connectivity index (χ0n) is 12.1. The Morgan fingerprint density at radius 3 is 3.05 bits per heavy atom. The van der Waals surface area contributed by atoms with Crippen LogP contribution in [0, 0.1) is 11.3 Å². The quantitative estimate of drug-likeness (QED) is 0.928. The number of hydrogen-bond acceptors (Lipinski definition) is 6. The van der Waals surface area contributed by atoms with Crippen LogP contribution in [0.15, 0.2) is 22.3 Å². The summed E-state index contributed by atoms with van der Waals surface area (Å²) in [5, 5.41) is 22.8. The van der Waals surface area contributed by atoms with Crippen LogP contribution in [0.1, 0.15) is 30.3 Å². The van der Waals surface area contributed by atoms with Gasteiger partial charge in [-0.15, -0.1) is 10.2 Å². The summed E-state index contributed by atoms with van der Waals surface area (Å²) in [4.78, 5) is 4.23. The number of rotatable bonds is 3. The summed E-state index contributed by atoms with van der Waals surface area (Å²) in [5.41, 5.74) is 0.227. The van der Waals surface area contributed by atoms with Gasteiger partial charge in [0.2, 0.25) is 0 Å². The molecule has 1 aliphatic rings. The Morgan fingerprint density at radius 1 is 1.45 bits per heavy atom. The summed E-state index contributed by atoms with van der Waals surface area (Å²) < 4.78 is 2.00. The predicted molar refractivity (Wildman–Crippen MR) is 83.9 cm³/mol. The average Bonchev–Trinajstić information content (AvgIpc) is 2.91. The number of nitrogens with one attached hydrogen (secondary N) is 1. The van der Waals surface area contributed by atoms with Crippen molar-refractivity contribution in [1.82, 2.24) is 25.1 Å². The molecule has 3 heterocycles. The molecule has 8 heteroatoms. The maximum atomic E-state index is 8.99. The van der Waals surface area contributed by atoms with E-state index in [1.807, 2.05) is 17.7 Å². The van der Waals surface area contributed by atoms with Crippen LogP contribution >= 0.6 is 23.4 Å². The van der Waals surface area contributed by atoms with Gasteiger partial charge in [0.25, 0.3) is 0 Å². The van der Waals surface area contributed by atoms with Crippen LogP contribution in [0.3, 0.4) is 0 Å². The van der Waals surface area contributed by atoms with Gasteiger partial charge in [-0.3, -0.25) is 0 Å². The van der Waals surface area contributed by atoms with Crippen LogP contribution < -0.4 is 5.32 Å². The maximum Gasteiger partial charge on any atom is 0.197 e. The third kappa shape index (κ3) is 3.09. The fourth-order valence-electron chi connectivity index (χ4n) is 2.50. The fourth-order valence-corrected chi connectivity index (χ4v) is 3.42. The minimum atomic E-state index is 0.227. The summed E-state index contributed by atoms with van der Waals surface area (Å²) in [5.74, 6) is 1.39. The molecule has 0 aliphatic carbocycles. The molecule has 1 fully saturated rings. The molecule has 1 aliphatic heterocycles. The number of piperidine rings is 1. The highest BCUT2D eigenvalue weighted by Gasteiger charge is 2.22. The average molecular weight is 335 g/mol. The second-order valence-corrected chi connectivity index (χ2v) is 6.53. The lowest BCUT2D eigenvalue weighted by molar-refractivity contribution is 0.436. The summed E-state index contributed by atoms with van der Waals surface area (Å²) in [6.07, 6.45) is 2.28. The molecule has 2 aromatic heterocycles. The number of halogens is 1. The molecule has 0 aromatic carbocycles. The standard InChI is InChI=1S/C14H15ClN6S/c1-21-13(9-3-2-6-17-8-9)19-20-14(21)22-12-5-4-10(15)11(7-16)18-12/h4-5,9,17H,2-3,6,8H2,1H3. The molecule has 6 nitrogen and oxygen atoms in total. The summed E-state index contributed by atoms with van der Waals surface area (Å²) in [6.45, 7) is 2.01. The van der Waals surface area contributed by atoms with Crippen LogP contribution in [0.25, 0.3) is 0 Å². The van der Waals surface area contributed by atoms with E-state index < -0.39 is 0 Å². The first kappa shape index (κ1) is 15.3. The van der Waals surface area contributed by atoms with E-state index in [1.54, 1.807) is 12.1 Å². The van der Waals surface area contributed by atoms with Crippen LogP contribution in [0.4, 0.5) is 0 Å². The Kier molecular flexibility index (Phi) is 4.62. The van der Waals surface area contributed by atoms with Crippen LogP contribution in [0.5, 0.6) is 0 Å². The van der Waals surface area contributed by atoms with Crippen molar-refractivity contribution in [2.75, 3.05) is 13.1 Å². The molecule has 1 saturated heterocycles. The summed E-state index contributed by atoms with van der Waals surface area (Å²) in [7, 11) is 1.97. The minimum Gasteiger partial charge on any atom is -0.316 e. The first-order valence-corrected chi connectivity index (χ1v) is 8.23. The van der Waals surface area contributed by atoms with E-state index in [-0.39, 0.29) is 5.69 Å². The van der Waals surface area contributed by atoms with Gasteiger partial charge in [0, 0.05) is 19.5 Å². The fraction of sp³-hybridized carbons (Fsp3) is 0.429. The number of pyridine rings is 1. The first-order valence-electron chi connectivity index (χ1n) is 7.03. The van der Waals surface area contributed by atoms with Crippen LogP contribution in [-0.4, -0.2) is 32.8 Å². The zero-order chi connectivity index (χ0) is 15.5. The first-order chi connectivity index (χ1) is 10.7. The van der Waals surface area contributed by atoms with E-state index in [9.17, 15) is 0 Å². The lowest BCUT2D eigenvalue weighted by Crippen LogP contribution is -2.29. The topological polar surface area (TPSA) is 79.4 Å². The van der Waals surface area contributed by atoms with Gasteiger partial charge in [0.05, 0.1) is 5.02 Å². The third-order valence-corrected chi connectivity index (χ3v) is 4.93. The molecule has 0 bridgehead atoms. The van der Waals surface area contributed by atoms with Crippen LogP contribution in [-0.2, 0) is 7.05 Å². The van der Waals surface area contributed by atoms with Crippen molar-refractivity contribution in [1.29, 1.82) is 5.26 Å². The highest BCUT2D eigenvalue weighted by atomic mass is 35.5. The highest BCUT2D eigenvalue weighted by Crippen LogP contribution is 2.29. The summed E-state index contributed by atoms with van der Waals surface area (Å²) in [6, 6.07) is 5.45. The van der Waals surface area contributed by atoms with Gasteiger partial charge in [-0.25, -0.2) is 4.98 Å². The molecule has 0 amide bonds. The number of hydrogen-bond donors (Lipinski definition) is 1. The number of nitrogens with zero attached hydrogens (tertiary/aromatic N) is 5. The molecular formula is C14H15ClN6S. The van der Waals surface area contributed by atoms with E-state index >= 15 is 0 Å². The smallest absolute Gasteiger partial charge is 0.197 e. The van der Waals surface area contributed by atoms with Crippen molar-refractivity contribution in [2.24, 2.45) is 7.05 Å². The molecule has 114 valence electrons. The minimum absolute atomic E-state index is 0.227. The highest BCUT2D eigenvalue weighted by molar-refractivity contribution is 7.99. The van der Waals surface area contributed by atoms with E-state index in [4.69, 9.17) is 16.9 Å². The van der Waals surface area contributed by atoms with Gasteiger partial charge in [-0.1, -0.05) is 11.6 Å². The molecule has 0 spiro atoms. The Morgan fingerprint density at radius 2 is 2.32 bits per heavy atom. The molecule has 22 heavy (non-hydrogen) atoms. The molecular weight excluding hydrogens is 320 g/mol.